The monoisotopic (exact) mass is 511 g/mol. The zero-order valence-corrected chi connectivity index (χ0v) is 20.5. The van der Waals surface area contributed by atoms with E-state index in [-0.39, 0.29) is 42.9 Å². The first-order valence-electron chi connectivity index (χ1n) is 11.1. The van der Waals surface area contributed by atoms with E-state index < -0.39 is 33.7 Å². The lowest BCUT2D eigenvalue weighted by Crippen LogP contribution is -2.61. The fraction of sp³-hybridized carbons (Fsp3) is 0.417. The number of carbonyl (C=O) groups is 2. The maximum absolute atomic E-state index is 13.4. The molecule has 1 aliphatic heterocycles. The first-order chi connectivity index (χ1) is 16.3. The molecule has 1 unspecified atom stereocenters. The average molecular weight is 512 g/mol. The Hall–Kier alpha value is -2.92. The molecule has 3 rings (SSSR count). The molecule has 0 radical (unpaired) electrons. The first-order valence-corrected chi connectivity index (χ1v) is 12.6. The van der Waals surface area contributed by atoms with Gasteiger partial charge in [-0.1, -0.05) is 38.1 Å². The van der Waals surface area contributed by atoms with Gasteiger partial charge in [0.15, 0.2) is 0 Å². The predicted molar refractivity (Wildman–Crippen MR) is 124 cm³/mol. The second-order valence-corrected chi connectivity index (χ2v) is 10.6. The van der Waals surface area contributed by atoms with Crippen LogP contribution < -0.4 is 5.32 Å². The van der Waals surface area contributed by atoms with Gasteiger partial charge in [-0.25, -0.2) is 8.42 Å². The van der Waals surface area contributed by atoms with Gasteiger partial charge in [0.1, 0.15) is 6.04 Å². The fourth-order valence-electron chi connectivity index (χ4n) is 3.83. The molecule has 0 aliphatic carbocycles. The van der Waals surface area contributed by atoms with Crippen LogP contribution in [0, 0.1) is 0 Å². The van der Waals surface area contributed by atoms with Gasteiger partial charge in [-0.05, 0) is 41.3 Å². The summed E-state index contributed by atoms with van der Waals surface area (Å²) in [4.78, 5) is 26.4. The third-order valence-corrected chi connectivity index (χ3v) is 7.90. The zero-order chi connectivity index (χ0) is 26.0. The zero-order valence-electron chi connectivity index (χ0n) is 19.7. The Morgan fingerprint density at radius 3 is 2.14 bits per heavy atom. The lowest BCUT2D eigenvalue weighted by Gasteiger charge is -2.39. The lowest BCUT2D eigenvalue weighted by atomic mass is 10.0. The second kappa shape index (κ2) is 10.4. The Morgan fingerprint density at radius 1 is 1.03 bits per heavy atom. The first kappa shape index (κ1) is 26.7. The van der Waals surface area contributed by atoms with Crippen molar-refractivity contribution in [1.82, 2.24) is 14.5 Å². The molecule has 2 aromatic carbocycles. The Kier molecular flexibility index (Phi) is 7.90. The van der Waals surface area contributed by atoms with Crippen molar-refractivity contribution in [2.45, 2.75) is 50.3 Å². The van der Waals surface area contributed by atoms with E-state index in [0.717, 1.165) is 22.0 Å². The average Bonchev–Trinajstić information content (AvgIpc) is 2.81. The van der Waals surface area contributed by atoms with Crippen molar-refractivity contribution in [3.63, 3.8) is 0 Å². The summed E-state index contributed by atoms with van der Waals surface area (Å²) in [7, 11) is -4.04. The van der Waals surface area contributed by atoms with Gasteiger partial charge in [-0.2, -0.15) is 17.5 Å². The lowest BCUT2D eigenvalue weighted by molar-refractivity contribution is -0.138. The standard InChI is InChI=1S/C24H28F3N3O4S/c1-16(2)19-6-10-21(11-7-19)35(33,34)30-13-12-29(17(3)31)15-22(30)23(32)28-14-18-4-8-20(9-5-18)24(25,26)27/h4-11,16,22H,12-15H2,1-3H3,(H,28,32). The molecule has 1 heterocycles. The van der Waals surface area contributed by atoms with Crippen LogP contribution in [0.2, 0.25) is 0 Å². The summed E-state index contributed by atoms with van der Waals surface area (Å²) >= 11 is 0. The van der Waals surface area contributed by atoms with Crippen molar-refractivity contribution in [3.8, 4) is 0 Å². The van der Waals surface area contributed by atoms with E-state index in [2.05, 4.69) is 5.32 Å². The number of alkyl halides is 3. The van der Waals surface area contributed by atoms with Crippen molar-refractivity contribution >= 4 is 21.8 Å². The molecule has 0 aromatic heterocycles. The van der Waals surface area contributed by atoms with Gasteiger partial charge in [0.05, 0.1) is 10.5 Å². The number of benzene rings is 2. The highest BCUT2D eigenvalue weighted by Gasteiger charge is 2.40. The number of hydrogen-bond acceptors (Lipinski definition) is 4. The Morgan fingerprint density at radius 2 is 1.63 bits per heavy atom. The van der Waals surface area contributed by atoms with E-state index in [1.165, 1.54) is 36.1 Å². The van der Waals surface area contributed by atoms with Gasteiger partial charge in [-0.15, -0.1) is 0 Å². The third kappa shape index (κ3) is 6.21. The largest absolute Gasteiger partial charge is 0.416 e. The minimum Gasteiger partial charge on any atom is -0.351 e. The Labute approximate surface area is 203 Å². The predicted octanol–water partition coefficient (Wildman–Crippen LogP) is 3.37. The maximum Gasteiger partial charge on any atom is 0.416 e. The summed E-state index contributed by atoms with van der Waals surface area (Å²) in [6.07, 6.45) is -4.47. The van der Waals surface area contributed by atoms with Gasteiger partial charge < -0.3 is 10.2 Å². The van der Waals surface area contributed by atoms with Crippen LogP contribution in [0.5, 0.6) is 0 Å². The molecule has 190 valence electrons. The summed E-state index contributed by atoms with van der Waals surface area (Å²) in [5.74, 6) is -0.711. The normalized spacial score (nSPS) is 17.5. The van der Waals surface area contributed by atoms with E-state index in [0.29, 0.717) is 5.56 Å². The van der Waals surface area contributed by atoms with Crippen LogP contribution in [0.25, 0.3) is 0 Å². The summed E-state index contributed by atoms with van der Waals surface area (Å²) in [5.41, 5.74) is 0.582. The van der Waals surface area contributed by atoms with Crippen LogP contribution in [0.4, 0.5) is 13.2 Å². The molecule has 0 bridgehead atoms. The molecule has 7 nitrogen and oxygen atoms in total. The number of piperazine rings is 1. The van der Waals surface area contributed by atoms with Crippen LogP contribution in [0.15, 0.2) is 53.4 Å². The van der Waals surface area contributed by atoms with Crippen LogP contribution in [0.3, 0.4) is 0 Å². The number of amides is 2. The summed E-state index contributed by atoms with van der Waals surface area (Å²) in [6.45, 7) is 5.17. The molecule has 1 saturated heterocycles. The van der Waals surface area contributed by atoms with Gasteiger partial charge in [0, 0.05) is 33.1 Å². The molecule has 1 N–H and O–H groups in total. The van der Waals surface area contributed by atoms with E-state index in [9.17, 15) is 31.2 Å². The highest BCUT2D eigenvalue weighted by molar-refractivity contribution is 7.89. The Balaban J connectivity index is 1.80. The molecule has 1 atom stereocenters. The molecular formula is C24H28F3N3O4S. The number of nitrogens with one attached hydrogen (secondary N) is 1. The van der Waals surface area contributed by atoms with Crippen molar-refractivity contribution in [1.29, 1.82) is 0 Å². The van der Waals surface area contributed by atoms with E-state index in [1.54, 1.807) is 12.1 Å². The SMILES string of the molecule is CC(=O)N1CCN(S(=O)(=O)c2ccc(C(C)C)cc2)C(C(=O)NCc2ccc(C(F)(F)F)cc2)C1. The van der Waals surface area contributed by atoms with Gasteiger partial charge in [0.2, 0.25) is 21.8 Å². The molecule has 1 aliphatic rings. The molecule has 2 aromatic rings. The van der Waals surface area contributed by atoms with Crippen LogP contribution in [-0.2, 0) is 32.3 Å². The molecule has 11 heteroatoms. The number of hydrogen-bond donors (Lipinski definition) is 1. The molecule has 0 saturated carbocycles. The Bertz CT molecular complexity index is 1160. The summed E-state index contributed by atoms with van der Waals surface area (Å²) in [5, 5.41) is 2.60. The summed E-state index contributed by atoms with van der Waals surface area (Å²) < 4.78 is 66.2. The van der Waals surface area contributed by atoms with E-state index >= 15 is 0 Å². The number of carbonyl (C=O) groups excluding carboxylic acids is 2. The van der Waals surface area contributed by atoms with Crippen LogP contribution >= 0.6 is 0 Å². The van der Waals surface area contributed by atoms with Crippen LogP contribution in [-0.4, -0.2) is 55.1 Å². The molecule has 1 fully saturated rings. The molecule has 0 spiro atoms. The van der Waals surface area contributed by atoms with Crippen molar-refractivity contribution in [2.75, 3.05) is 19.6 Å². The number of nitrogens with zero attached hydrogens (tertiary/aromatic N) is 2. The highest BCUT2D eigenvalue weighted by Crippen LogP contribution is 2.29. The fourth-order valence-corrected chi connectivity index (χ4v) is 5.40. The molecule has 35 heavy (non-hydrogen) atoms. The van der Waals surface area contributed by atoms with Gasteiger partial charge >= 0.3 is 6.18 Å². The smallest absolute Gasteiger partial charge is 0.351 e. The minimum atomic E-state index is -4.47. The minimum absolute atomic E-state index is 0.0405. The second-order valence-electron chi connectivity index (χ2n) is 8.73. The topological polar surface area (TPSA) is 86.8 Å². The van der Waals surface area contributed by atoms with Crippen molar-refractivity contribution < 1.29 is 31.2 Å². The van der Waals surface area contributed by atoms with Gasteiger partial charge in [0.25, 0.3) is 0 Å². The summed E-state index contributed by atoms with van der Waals surface area (Å²) in [6, 6.07) is 9.59. The van der Waals surface area contributed by atoms with Crippen molar-refractivity contribution in [3.05, 3.63) is 65.2 Å². The molecular weight excluding hydrogens is 483 g/mol. The number of sulfonamides is 1. The van der Waals surface area contributed by atoms with Gasteiger partial charge in [-0.3, -0.25) is 9.59 Å². The van der Waals surface area contributed by atoms with E-state index in [4.69, 9.17) is 0 Å². The maximum atomic E-state index is 13.4. The van der Waals surface area contributed by atoms with E-state index in [1.807, 2.05) is 13.8 Å². The molecule has 2 amide bonds. The van der Waals surface area contributed by atoms with Crippen LogP contribution in [0.1, 0.15) is 43.4 Å². The third-order valence-electron chi connectivity index (χ3n) is 5.98. The van der Waals surface area contributed by atoms with Crippen molar-refractivity contribution in [2.24, 2.45) is 0 Å². The number of rotatable bonds is 6. The highest BCUT2D eigenvalue weighted by atomic mass is 32.2. The number of halogens is 3. The quantitative estimate of drug-likeness (QED) is 0.645.